The fourth-order valence-electron chi connectivity index (χ4n) is 3.25. The number of fused-ring (bicyclic) bond motifs is 1. The first-order valence-electron chi connectivity index (χ1n) is 7.05. The molecular weight excluding hydrogens is 280 g/mol. The van der Waals surface area contributed by atoms with E-state index in [0.29, 0.717) is 17.9 Å². The van der Waals surface area contributed by atoms with E-state index >= 15 is 0 Å². The van der Waals surface area contributed by atoms with E-state index in [4.69, 9.17) is 11.6 Å². The lowest BCUT2D eigenvalue weighted by Gasteiger charge is -2.20. The number of carbonyl (C=O) groups excluding carboxylic acids is 3. The van der Waals surface area contributed by atoms with Crippen LogP contribution in [-0.2, 0) is 14.4 Å². The van der Waals surface area contributed by atoms with Gasteiger partial charge in [0, 0.05) is 18.1 Å². The highest BCUT2D eigenvalue weighted by atomic mass is 35.5. The molecule has 3 aliphatic rings. The van der Waals surface area contributed by atoms with Crippen LogP contribution in [0.15, 0.2) is 11.1 Å². The van der Waals surface area contributed by atoms with Gasteiger partial charge in [-0.1, -0.05) is 17.7 Å². The quantitative estimate of drug-likeness (QED) is 0.718. The summed E-state index contributed by atoms with van der Waals surface area (Å²) < 4.78 is 0. The number of rotatable bonds is 2. The molecule has 0 aromatic heterocycles. The van der Waals surface area contributed by atoms with Crippen molar-refractivity contribution in [3.05, 3.63) is 11.1 Å². The molecule has 108 valence electrons. The van der Waals surface area contributed by atoms with Gasteiger partial charge in [0.15, 0.2) is 0 Å². The molecular formula is C14H17ClN2O3. The molecule has 1 aliphatic carbocycles. The summed E-state index contributed by atoms with van der Waals surface area (Å²) in [7, 11) is 0. The summed E-state index contributed by atoms with van der Waals surface area (Å²) in [5.41, 5.74) is 0. The molecule has 0 unspecified atom stereocenters. The second kappa shape index (κ2) is 5.20. The Bertz CT molecular complexity index is 497. The predicted molar refractivity (Wildman–Crippen MR) is 72.7 cm³/mol. The first-order valence-corrected chi connectivity index (χ1v) is 7.43. The summed E-state index contributed by atoms with van der Waals surface area (Å²) in [5, 5.41) is 0.639. The summed E-state index contributed by atoms with van der Waals surface area (Å²) in [6.45, 7) is 1.35. The Hall–Kier alpha value is -1.36. The molecule has 6 heteroatoms. The van der Waals surface area contributed by atoms with Gasteiger partial charge in [-0.15, -0.1) is 0 Å². The van der Waals surface area contributed by atoms with Gasteiger partial charge < -0.3 is 4.90 Å². The Morgan fingerprint density at radius 2 is 1.85 bits per heavy atom. The molecule has 3 amide bonds. The minimum atomic E-state index is -0.369. The van der Waals surface area contributed by atoms with Crippen molar-refractivity contribution in [2.24, 2.45) is 11.8 Å². The molecule has 2 heterocycles. The molecule has 2 aliphatic heterocycles. The van der Waals surface area contributed by atoms with Crippen LogP contribution in [0.2, 0.25) is 0 Å². The SMILES string of the molecule is O=C(CN1C(=O)[C@H]2CC=C(Cl)C[C@H]2C1=O)N1CCCC1. The van der Waals surface area contributed by atoms with E-state index < -0.39 is 0 Å². The number of amides is 3. The average Bonchev–Trinajstić information content (AvgIpc) is 3.03. The molecule has 5 nitrogen and oxygen atoms in total. The van der Waals surface area contributed by atoms with E-state index in [0.717, 1.165) is 30.8 Å². The summed E-state index contributed by atoms with van der Waals surface area (Å²) in [6, 6.07) is 0. The van der Waals surface area contributed by atoms with Crippen molar-refractivity contribution in [3.63, 3.8) is 0 Å². The molecule has 0 N–H and O–H groups in total. The normalized spacial score (nSPS) is 29.8. The number of hydrogen-bond acceptors (Lipinski definition) is 3. The maximum absolute atomic E-state index is 12.3. The second-order valence-corrected chi connectivity index (χ2v) is 6.14. The van der Waals surface area contributed by atoms with Crippen LogP contribution in [0.25, 0.3) is 0 Å². The van der Waals surface area contributed by atoms with Crippen molar-refractivity contribution in [1.29, 1.82) is 0 Å². The first-order chi connectivity index (χ1) is 9.58. The summed E-state index contributed by atoms with van der Waals surface area (Å²) in [6.07, 6.45) is 4.73. The average molecular weight is 297 g/mol. The van der Waals surface area contributed by atoms with Crippen molar-refractivity contribution in [1.82, 2.24) is 9.80 Å². The number of carbonyl (C=O) groups is 3. The van der Waals surface area contributed by atoms with Gasteiger partial charge in [0.2, 0.25) is 17.7 Å². The molecule has 0 spiro atoms. The highest BCUT2D eigenvalue weighted by Crippen LogP contribution is 2.38. The van der Waals surface area contributed by atoms with Gasteiger partial charge >= 0.3 is 0 Å². The number of likely N-dealkylation sites (tertiary alicyclic amines) is 2. The lowest BCUT2D eigenvalue weighted by molar-refractivity contribution is -0.146. The van der Waals surface area contributed by atoms with Gasteiger partial charge in [0.05, 0.1) is 11.8 Å². The minimum Gasteiger partial charge on any atom is -0.341 e. The maximum Gasteiger partial charge on any atom is 0.242 e. The smallest absolute Gasteiger partial charge is 0.242 e. The van der Waals surface area contributed by atoms with E-state index in [2.05, 4.69) is 0 Å². The highest BCUT2D eigenvalue weighted by molar-refractivity contribution is 6.30. The van der Waals surface area contributed by atoms with Gasteiger partial charge in [-0.25, -0.2) is 0 Å². The maximum atomic E-state index is 12.3. The van der Waals surface area contributed by atoms with Gasteiger partial charge in [0.1, 0.15) is 6.54 Å². The molecule has 3 rings (SSSR count). The van der Waals surface area contributed by atoms with Crippen LogP contribution in [0.5, 0.6) is 0 Å². The van der Waals surface area contributed by atoms with E-state index in [1.165, 1.54) is 0 Å². The second-order valence-electron chi connectivity index (χ2n) is 5.65. The van der Waals surface area contributed by atoms with Gasteiger partial charge in [-0.3, -0.25) is 19.3 Å². The molecule has 0 saturated carbocycles. The van der Waals surface area contributed by atoms with Crippen molar-refractivity contribution < 1.29 is 14.4 Å². The van der Waals surface area contributed by atoms with Crippen molar-refractivity contribution in [2.45, 2.75) is 25.7 Å². The molecule has 0 radical (unpaired) electrons. The fourth-order valence-corrected chi connectivity index (χ4v) is 3.51. The van der Waals surface area contributed by atoms with Crippen LogP contribution in [0.1, 0.15) is 25.7 Å². The number of nitrogens with zero attached hydrogens (tertiary/aromatic N) is 2. The van der Waals surface area contributed by atoms with Gasteiger partial charge in [0.25, 0.3) is 0 Å². The fraction of sp³-hybridized carbons (Fsp3) is 0.643. The minimum absolute atomic E-state index is 0.109. The molecule has 2 fully saturated rings. The zero-order valence-electron chi connectivity index (χ0n) is 11.2. The number of allylic oxidation sites excluding steroid dienone is 2. The summed E-state index contributed by atoms with van der Waals surface area (Å²) in [5.74, 6) is -1.27. The van der Waals surface area contributed by atoms with Crippen LogP contribution >= 0.6 is 11.6 Å². The lowest BCUT2D eigenvalue weighted by atomic mass is 9.85. The third-order valence-electron chi connectivity index (χ3n) is 4.41. The van der Waals surface area contributed by atoms with E-state index in [1.54, 1.807) is 11.0 Å². The van der Waals surface area contributed by atoms with Crippen molar-refractivity contribution in [3.8, 4) is 0 Å². The third kappa shape index (κ3) is 2.24. The standard InChI is InChI=1S/C14H17ClN2O3/c15-9-3-4-10-11(7-9)14(20)17(13(10)19)8-12(18)16-5-1-2-6-16/h3,10-11H,1-2,4-8H2/t10-,11+/m0/s1. The number of imide groups is 1. The van der Waals surface area contributed by atoms with Crippen LogP contribution in [0.3, 0.4) is 0 Å². The Morgan fingerprint density at radius 1 is 1.20 bits per heavy atom. The van der Waals surface area contributed by atoms with Gasteiger partial charge in [-0.05, 0) is 25.7 Å². The van der Waals surface area contributed by atoms with Crippen LogP contribution in [0, 0.1) is 11.8 Å². The van der Waals surface area contributed by atoms with Crippen molar-refractivity contribution in [2.75, 3.05) is 19.6 Å². The molecule has 0 aromatic rings. The lowest BCUT2D eigenvalue weighted by Crippen LogP contribution is -2.42. The van der Waals surface area contributed by atoms with Crippen LogP contribution < -0.4 is 0 Å². The molecule has 20 heavy (non-hydrogen) atoms. The molecule has 2 atom stereocenters. The number of halogens is 1. The number of hydrogen-bond donors (Lipinski definition) is 0. The Kier molecular flexibility index (Phi) is 3.54. The molecule has 0 bridgehead atoms. The topological polar surface area (TPSA) is 57.7 Å². The van der Waals surface area contributed by atoms with Gasteiger partial charge in [-0.2, -0.15) is 0 Å². The summed E-state index contributed by atoms with van der Waals surface area (Å²) >= 11 is 5.96. The Balaban J connectivity index is 1.70. The molecule has 0 aromatic carbocycles. The summed E-state index contributed by atoms with van der Waals surface area (Å²) in [4.78, 5) is 39.5. The zero-order chi connectivity index (χ0) is 14.3. The predicted octanol–water partition coefficient (Wildman–Crippen LogP) is 1.13. The Morgan fingerprint density at radius 3 is 2.55 bits per heavy atom. The highest BCUT2D eigenvalue weighted by Gasteiger charge is 2.49. The van der Waals surface area contributed by atoms with Crippen molar-refractivity contribution >= 4 is 29.3 Å². The third-order valence-corrected chi connectivity index (χ3v) is 4.72. The molecule has 2 saturated heterocycles. The zero-order valence-corrected chi connectivity index (χ0v) is 11.9. The Labute approximate surface area is 122 Å². The first kappa shape index (κ1) is 13.6. The van der Waals surface area contributed by atoms with E-state index in [-0.39, 0.29) is 36.1 Å². The van der Waals surface area contributed by atoms with Crippen LogP contribution in [0.4, 0.5) is 0 Å². The largest absolute Gasteiger partial charge is 0.341 e. The monoisotopic (exact) mass is 296 g/mol. The van der Waals surface area contributed by atoms with E-state index in [9.17, 15) is 14.4 Å². The van der Waals surface area contributed by atoms with Crippen LogP contribution in [-0.4, -0.2) is 47.2 Å². The van der Waals surface area contributed by atoms with E-state index in [1.807, 2.05) is 0 Å².